The van der Waals surface area contributed by atoms with Crippen molar-refractivity contribution in [3.8, 4) is 5.75 Å². The predicted molar refractivity (Wildman–Crippen MR) is 106 cm³/mol. The summed E-state index contributed by atoms with van der Waals surface area (Å²) in [6.07, 6.45) is 4.38. The first kappa shape index (κ1) is 18.7. The van der Waals surface area contributed by atoms with Crippen LogP contribution in [0.25, 0.3) is 0 Å². The van der Waals surface area contributed by atoms with Crippen molar-refractivity contribution in [2.75, 3.05) is 11.1 Å². The van der Waals surface area contributed by atoms with Gasteiger partial charge in [-0.15, -0.1) is 0 Å². The average molecular weight is 383 g/mol. The van der Waals surface area contributed by atoms with Crippen molar-refractivity contribution in [1.82, 2.24) is 9.97 Å². The first-order valence-electron chi connectivity index (χ1n) is 8.33. The molecular weight excluding hydrogens is 364 g/mol. The maximum Gasteiger partial charge on any atom is 0.257 e. The molecule has 3 rings (SSSR count). The molecule has 6 nitrogen and oxygen atoms in total. The number of nitrogens with two attached hydrogens (primary N) is 1. The van der Waals surface area contributed by atoms with E-state index in [1.165, 1.54) is 12.4 Å². The maximum absolute atomic E-state index is 12.4. The van der Waals surface area contributed by atoms with Gasteiger partial charge in [-0.1, -0.05) is 23.7 Å². The van der Waals surface area contributed by atoms with Gasteiger partial charge in [0.05, 0.1) is 10.6 Å². The van der Waals surface area contributed by atoms with E-state index in [0.717, 1.165) is 11.1 Å². The van der Waals surface area contributed by atoms with Gasteiger partial charge >= 0.3 is 0 Å². The number of rotatable bonds is 5. The number of hydrogen-bond donors (Lipinski definition) is 2. The van der Waals surface area contributed by atoms with Crippen molar-refractivity contribution < 1.29 is 9.53 Å². The molecule has 0 spiro atoms. The third-order valence-corrected chi connectivity index (χ3v) is 4.11. The fraction of sp³-hybridized carbons (Fsp3) is 0.150. The van der Waals surface area contributed by atoms with Crippen LogP contribution >= 0.6 is 11.6 Å². The van der Waals surface area contributed by atoms with Gasteiger partial charge in [0.15, 0.2) is 11.6 Å². The summed E-state index contributed by atoms with van der Waals surface area (Å²) in [5, 5.41) is 3.32. The zero-order valence-corrected chi connectivity index (χ0v) is 15.7. The van der Waals surface area contributed by atoms with Crippen molar-refractivity contribution >= 4 is 29.0 Å². The molecule has 0 aliphatic carbocycles. The molecule has 2 aromatic heterocycles. The highest BCUT2D eigenvalue weighted by Gasteiger charge is 2.13. The molecule has 0 saturated carbocycles. The number of aromatic nitrogens is 2. The third-order valence-electron chi connectivity index (χ3n) is 3.90. The van der Waals surface area contributed by atoms with Crippen LogP contribution in [0.15, 0.2) is 55.0 Å². The Morgan fingerprint density at radius 1 is 1.22 bits per heavy atom. The van der Waals surface area contributed by atoms with Crippen LogP contribution in [0.2, 0.25) is 5.02 Å². The number of halogens is 1. The standard InChI is InChI=1S/C20H19ClN4O2/c1-12-6-15(10-23-9-12)20(26)25-17-5-3-4-14(7-17)13(2)27-18-8-16(21)11-24-19(18)22/h3-11,13H,1-2H3,(H2,22,24)(H,25,26)/t13-/m1/s1. The normalized spacial score (nSPS) is 11.7. The number of pyridine rings is 2. The second-order valence-corrected chi connectivity index (χ2v) is 6.56. The zero-order valence-electron chi connectivity index (χ0n) is 14.9. The summed E-state index contributed by atoms with van der Waals surface area (Å²) in [7, 11) is 0. The fourth-order valence-electron chi connectivity index (χ4n) is 2.54. The Bertz CT molecular complexity index is 978. The van der Waals surface area contributed by atoms with E-state index in [4.69, 9.17) is 22.1 Å². The molecule has 0 saturated heterocycles. The van der Waals surface area contributed by atoms with Crippen LogP contribution in [0, 0.1) is 6.92 Å². The van der Waals surface area contributed by atoms with E-state index in [1.54, 1.807) is 18.3 Å². The highest BCUT2D eigenvalue weighted by molar-refractivity contribution is 6.30. The lowest BCUT2D eigenvalue weighted by Crippen LogP contribution is -2.13. The van der Waals surface area contributed by atoms with Crippen molar-refractivity contribution in [3.05, 3.63) is 76.7 Å². The zero-order chi connectivity index (χ0) is 19.4. The molecule has 27 heavy (non-hydrogen) atoms. The van der Waals surface area contributed by atoms with Crippen LogP contribution in [-0.2, 0) is 0 Å². The van der Waals surface area contributed by atoms with Gasteiger partial charge in [0.1, 0.15) is 6.10 Å². The molecule has 0 aliphatic heterocycles. The van der Waals surface area contributed by atoms with Gasteiger partial charge in [0.2, 0.25) is 0 Å². The Labute approximate surface area is 162 Å². The molecule has 0 aliphatic rings. The van der Waals surface area contributed by atoms with E-state index < -0.39 is 0 Å². The molecule has 0 unspecified atom stereocenters. The number of anilines is 2. The van der Waals surface area contributed by atoms with Gasteiger partial charge in [0, 0.05) is 30.3 Å². The number of nitrogen functional groups attached to an aromatic ring is 1. The van der Waals surface area contributed by atoms with Gasteiger partial charge < -0.3 is 15.8 Å². The molecule has 3 aromatic rings. The first-order valence-corrected chi connectivity index (χ1v) is 8.71. The van der Waals surface area contributed by atoms with E-state index in [0.29, 0.717) is 22.0 Å². The summed E-state index contributed by atoms with van der Waals surface area (Å²) in [6, 6.07) is 10.8. The Hall–Kier alpha value is -3.12. The number of carbonyl (C=O) groups is 1. The minimum Gasteiger partial charge on any atom is -0.482 e. The maximum atomic E-state index is 12.4. The van der Waals surface area contributed by atoms with Crippen LogP contribution in [-0.4, -0.2) is 15.9 Å². The summed E-state index contributed by atoms with van der Waals surface area (Å²) >= 11 is 5.95. The van der Waals surface area contributed by atoms with Crippen LogP contribution in [0.1, 0.15) is 34.5 Å². The summed E-state index contributed by atoms with van der Waals surface area (Å²) in [5.41, 5.74) is 8.78. The number of amides is 1. The molecule has 3 N–H and O–H groups in total. The van der Waals surface area contributed by atoms with Gasteiger partial charge in [-0.2, -0.15) is 0 Å². The molecule has 1 atom stereocenters. The van der Waals surface area contributed by atoms with E-state index in [2.05, 4.69) is 15.3 Å². The summed E-state index contributed by atoms with van der Waals surface area (Å²) in [5.74, 6) is 0.457. The van der Waals surface area contributed by atoms with Gasteiger partial charge in [0.25, 0.3) is 5.91 Å². The number of carbonyl (C=O) groups excluding carboxylic acids is 1. The summed E-state index contributed by atoms with van der Waals surface area (Å²) in [6.45, 7) is 3.77. The molecule has 0 radical (unpaired) electrons. The Balaban J connectivity index is 1.74. The largest absolute Gasteiger partial charge is 0.482 e. The van der Waals surface area contributed by atoms with Crippen molar-refractivity contribution in [2.45, 2.75) is 20.0 Å². The molecular formula is C20H19ClN4O2. The van der Waals surface area contributed by atoms with Crippen molar-refractivity contribution in [3.63, 3.8) is 0 Å². The van der Waals surface area contributed by atoms with Gasteiger partial charge in [-0.05, 0) is 43.2 Å². The second kappa shape index (κ2) is 8.05. The number of ether oxygens (including phenoxy) is 1. The first-order chi connectivity index (χ1) is 12.9. The summed E-state index contributed by atoms with van der Waals surface area (Å²) in [4.78, 5) is 20.4. The molecule has 1 aromatic carbocycles. The lowest BCUT2D eigenvalue weighted by Gasteiger charge is -2.17. The molecule has 0 fully saturated rings. The Kier molecular flexibility index (Phi) is 5.57. The Morgan fingerprint density at radius 2 is 2.04 bits per heavy atom. The average Bonchev–Trinajstić information content (AvgIpc) is 2.65. The number of benzene rings is 1. The third kappa shape index (κ3) is 4.74. The smallest absolute Gasteiger partial charge is 0.257 e. The number of hydrogen-bond acceptors (Lipinski definition) is 5. The lowest BCUT2D eigenvalue weighted by molar-refractivity contribution is 0.102. The predicted octanol–water partition coefficient (Wildman–Crippen LogP) is 4.41. The van der Waals surface area contributed by atoms with E-state index >= 15 is 0 Å². The molecule has 1 amide bonds. The van der Waals surface area contributed by atoms with E-state index in [1.807, 2.05) is 38.1 Å². The monoisotopic (exact) mass is 382 g/mol. The van der Waals surface area contributed by atoms with Gasteiger partial charge in [-0.3, -0.25) is 9.78 Å². The molecule has 7 heteroatoms. The minimum atomic E-state index is -0.315. The van der Waals surface area contributed by atoms with Crippen LogP contribution in [0.5, 0.6) is 5.75 Å². The molecule has 2 heterocycles. The number of aryl methyl sites for hydroxylation is 1. The topological polar surface area (TPSA) is 90.1 Å². The van der Waals surface area contributed by atoms with Crippen LogP contribution in [0.3, 0.4) is 0 Å². The van der Waals surface area contributed by atoms with Crippen LogP contribution in [0.4, 0.5) is 11.5 Å². The van der Waals surface area contributed by atoms with E-state index in [9.17, 15) is 4.79 Å². The number of nitrogens with one attached hydrogen (secondary N) is 1. The molecule has 138 valence electrons. The minimum absolute atomic E-state index is 0.222. The fourth-order valence-corrected chi connectivity index (χ4v) is 2.68. The number of nitrogens with zero attached hydrogens (tertiary/aromatic N) is 2. The van der Waals surface area contributed by atoms with Crippen molar-refractivity contribution in [1.29, 1.82) is 0 Å². The van der Waals surface area contributed by atoms with Crippen molar-refractivity contribution in [2.24, 2.45) is 0 Å². The quantitative estimate of drug-likeness (QED) is 0.682. The second-order valence-electron chi connectivity index (χ2n) is 6.13. The van der Waals surface area contributed by atoms with Crippen LogP contribution < -0.4 is 15.8 Å². The van der Waals surface area contributed by atoms with Gasteiger partial charge in [-0.25, -0.2) is 4.98 Å². The molecule has 0 bridgehead atoms. The lowest BCUT2D eigenvalue weighted by atomic mass is 10.1. The highest BCUT2D eigenvalue weighted by atomic mass is 35.5. The SMILES string of the molecule is Cc1cncc(C(=O)Nc2cccc([C@@H](C)Oc3cc(Cl)cnc3N)c2)c1. The summed E-state index contributed by atoms with van der Waals surface area (Å²) < 4.78 is 5.88. The Morgan fingerprint density at radius 3 is 2.81 bits per heavy atom. The highest BCUT2D eigenvalue weighted by Crippen LogP contribution is 2.29. The van der Waals surface area contributed by atoms with E-state index in [-0.39, 0.29) is 17.8 Å².